The number of para-hydroxylation sites is 1. The van der Waals surface area contributed by atoms with E-state index in [-0.39, 0.29) is 11.3 Å². The van der Waals surface area contributed by atoms with Crippen molar-refractivity contribution in [3.8, 4) is 22.7 Å². The van der Waals surface area contributed by atoms with Crippen LogP contribution in [-0.4, -0.2) is 37.2 Å². The quantitative estimate of drug-likeness (QED) is 0.371. The van der Waals surface area contributed by atoms with Crippen molar-refractivity contribution in [1.29, 1.82) is 0 Å². The van der Waals surface area contributed by atoms with E-state index in [1.54, 1.807) is 6.07 Å². The first-order chi connectivity index (χ1) is 18.0. The topological polar surface area (TPSA) is 129 Å². The Hall–Kier alpha value is -5.05. The molecule has 0 fully saturated rings. The van der Waals surface area contributed by atoms with Gasteiger partial charge in [0.2, 0.25) is 0 Å². The third kappa shape index (κ3) is 3.51. The number of fused-ring (bicyclic) bond motifs is 4. The van der Waals surface area contributed by atoms with Crippen LogP contribution in [0.25, 0.3) is 49.7 Å². The predicted octanol–water partition coefficient (Wildman–Crippen LogP) is 4.28. The average Bonchev–Trinajstić information content (AvgIpc) is 3.28. The van der Waals surface area contributed by atoms with Crippen LogP contribution in [0.2, 0.25) is 0 Å². The summed E-state index contributed by atoms with van der Waals surface area (Å²) in [7, 11) is 0. The Morgan fingerprint density at radius 2 is 1.89 bits per heavy atom. The summed E-state index contributed by atoms with van der Waals surface area (Å²) in [5.74, 6) is 0.0194. The Bertz CT molecular complexity index is 1920. The standard InChI is InChI=1S/C28H22N6O3/c1-3-37-16-11-12-18-21(13-16)31-25-23(18)24(32-33-26(25)27(29)35)17-8-6-10-22(15(17)2)34-14-30-20-9-5-4-7-19(20)28(34)36/h4-14,31H,3H2,1-2H3,(H2,29,35). The van der Waals surface area contributed by atoms with Crippen LogP contribution in [0.15, 0.2) is 71.8 Å². The van der Waals surface area contributed by atoms with E-state index < -0.39 is 5.91 Å². The maximum Gasteiger partial charge on any atom is 0.271 e. The smallest absolute Gasteiger partial charge is 0.271 e. The number of nitrogens with one attached hydrogen (secondary N) is 1. The fraction of sp³-hybridized carbons (Fsp3) is 0.107. The summed E-state index contributed by atoms with van der Waals surface area (Å²) in [5.41, 5.74) is 10.2. The summed E-state index contributed by atoms with van der Waals surface area (Å²) in [6.45, 7) is 4.37. The van der Waals surface area contributed by atoms with E-state index in [0.717, 1.165) is 22.0 Å². The van der Waals surface area contributed by atoms with Gasteiger partial charge in [-0.05, 0) is 49.7 Å². The molecular weight excluding hydrogens is 468 g/mol. The van der Waals surface area contributed by atoms with Crippen LogP contribution in [0.3, 0.4) is 0 Å². The summed E-state index contributed by atoms with van der Waals surface area (Å²) in [6, 6.07) is 18.5. The molecule has 37 heavy (non-hydrogen) atoms. The first-order valence-corrected chi connectivity index (χ1v) is 11.8. The molecule has 3 heterocycles. The number of hydrogen-bond donors (Lipinski definition) is 2. The zero-order valence-electron chi connectivity index (χ0n) is 20.1. The fourth-order valence-corrected chi connectivity index (χ4v) is 4.80. The van der Waals surface area contributed by atoms with Crippen molar-refractivity contribution in [2.75, 3.05) is 6.61 Å². The van der Waals surface area contributed by atoms with Crippen LogP contribution in [0.4, 0.5) is 0 Å². The van der Waals surface area contributed by atoms with Crippen LogP contribution in [0.5, 0.6) is 5.75 Å². The van der Waals surface area contributed by atoms with Gasteiger partial charge in [0.15, 0.2) is 5.69 Å². The van der Waals surface area contributed by atoms with Crippen molar-refractivity contribution in [2.24, 2.45) is 5.73 Å². The Morgan fingerprint density at radius 1 is 1.05 bits per heavy atom. The number of aromatic amines is 1. The predicted molar refractivity (Wildman–Crippen MR) is 142 cm³/mol. The minimum absolute atomic E-state index is 0.0525. The lowest BCUT2D eigenvalue weighted by molar-refractivity contribution is 0.0996. The molecular formula is C28H22N6O3. The van der Waals surface area contributed by atoms with Gasteiger partial charge in [0.1, 0.15) is 17.8 Å². The first-order valence-electron chi connectivity index (χ1n) is 11.8. The average molecular weight is 491 g/mol. The number of ether oxygens (including phenoxy) is 1. The largest absolute Gasteiger partial charge is 0.494 e. The van der Waals surface area contributed by atoms with E-state index in [1.807, 2.05) is 68.4 Å². The van der Waals surface area contributed by atoms with Gasteiger partial charge >= 0.3 is 0 Å². The van der Waals surface area contributed by atoms with Crippen molar-refractivity contribution in [1.82, 2.24) is 24.7 Å². The molecule has 6 aromatic rings. The molecule has 9 heteroatoms. The lowest BCUT2D eigenvalue weighted by Gasteiger charge is -2.14. The van der Waals surface area contributed by atoms with E-state index in [2.05, 4.69) is 20.2 Å². The van der Waals surface area contributed by atoms with E-state index >= 15 is 0 Å². The highest BCUT2D eigenvalue weighted by atomic mass is 16.5. The maximum atomic E-state index is 13.3. The summed E-state index contributed by atoms with van der Waals surface area (Å²) in [4.78, 5) is 33.2. The second-order valence-corrected chi connectivity index (χ2v) is 8.66. The van der Waals surface area contributed by atoms with Gasteiger partial charge in [-0.15, -0.1) is 10.2 Å². The van der Waals surface area contributed by atoms with Crippen molar-refractivity contribution in [3.63, 3.8) is 0 Å². The summed E-state index contributed by atoms with van der Waals surface area (Å²) < 4.78 is 7.18. The number of nitrogens with zero attached hydrogens (tertiary/aromatic N) is 4. The summed E-state index contributed by atoms with van der Waals surface area (Å²) in [6.07, 6.45) is 1.54. The van der Waals surface area contributed by atoms with E-state index in [0.29, 0.717) is 45.5 Å². The molecule has 3 aromatic carbocycles. The molecule has 182 valence electrons. The van der Waals surface area contributed by atoms with Gasteiger partial charge in [0.05, 0.1) is 34.2 Å². The highest BCUT2D eigenvalue weighted by molar-refractivity contribution is 6.18. The van der Waals surface area contributed by atoms with Gasteiger partial charge in [-0.1, -0.05) is 24.3 Å². The van der Waals surface area contributed by atoms with Crippen molar-refractivity contribution < 1.29 is 9.53 Å². The number of carbonyl (C=O) groups excluding carboxylic acids is 1. The van der Waals surface area contributed by atoms with Crippen LogP contribution in [0.1, 0.15) is 23.0 Å². The van der Waals surface area contributed by atoms with E-state index in [1.165, 1.54) is 10.9 Å². The molecule has 0 saturated carbocycles. The van der Waals surface area contributed by atoms with E-state index in [4.69, 9.17) is 10.5 Å². The van der Waals surface area contributed by atoms with E-state index in [9.17, 15) is 9.59 Å². The molecule has 0 unspecified atom stereocenters. The number of hydrogen-bond acceptors (Lipinski definition) is 6. The molecule has 0 atom stereocenters. The summed E-state index contributed by atoms with van der Waals surface area (Å²) >= 11 is 0. The zero-order chi connectivity index (χ0) is 25.7. The van der Waals surface area contributed by atoms with Gasteiger partial charge in [-0.25, -0.2) is 4.98 Å². The second-order valence-electron chi connectivity index (χ2n) is 8.66. The van der Waals surface area contributed by atoms with Gasteiger partial charge in [-0.3, -0.25) is 14.2 Å². The monoisotopic (exact) mass is 490 g/mol. The van der Waals surface area contributed by atoms with Crippen LogP contribution >= 0.6 is 0 Å². The molecule has 0 aliphatic heterocycles. The fourth-order valence-electron chi connectivity index (χ4n) is 4.80. The lowest BCUT2D eigenvalue weighted by Crippen LogP contribution is -2.19. The minimum Gasteiger partial charge on any atom is -0.494 e. The number of rotatable bonds is 5. The van der Waals surface area contributed by atoms with Crippen molar-refractivity contribution in [2.45, 2.75) is 13.8 Å². The minimum atomic E-state index is -0.681. The molecule has 9 nitrogen and oxygen atoms in total. The molecule has 0 radical (unpaired) electrons. The van der Waals surface area contributed by atoms with Gasteiger partial charge in [0.25, 0.3) is 11.5 Å². The molecule has 1 amide bonds. The first kappa shape index (κ1) is 22.4. The van der Waals surface area contributed by atoms with Gasteiger partial charge in [-0.2, -0.15) is 0 Å². The van der Waals surface area contributed by atoms with Crippen LogP contribution < -0.4 is 16.0 Å². The number of amides is 1. The molecule has 0 bridgehead atoms. The number of aromatic nitrogens is 5. The van der Waals surface area contributed by atoms with Gasteiger partial charge in [0, 0.05) is 22.4 Å². The molecule has 0 aliphatic carbocycles. The van der Waals surface area contributed by atoms with Gasteiger partial charge < -0.3 is 15.5 Å². The van der Waals surface area contributed by atoms with Crippen LogP contribution in [-0.2, 0) is 0 Å². The summed E-state index contributed by atoms with van der Waals surface area (Å²) in [5, 5.41) is 10.7. The molecule has 0 aliphatic rings. The highest BCUT2D eigenvalue weighted by Gasteiger charge is 2.21. The third-order valence-electron chi connectivity index (χ3n) is 6.52. The highest BCUT2D eigenvalue weighted by Crippen LogP contribution is 2.37. The number of H-pyrrole nitrogens is 1. The third-order valence-corrected chi connectivity index (χ3v) is 6.52. The Balaban J connectivity index is 1.62. The molecule has 0 saturated heterocycles. The Morgan fingerprint density at radius 3 is 2.70 bits per heavy atom. The molecule has 0 spiro atoms. The van der Waals surface area contributed by atoms with Crippen LogP contribution in [0, 0.1) is 6.92 Å². The number of carbonyl (C=O) groups is 1. The Kier molecular flexibility index (Phi) is 5.19. The Labute approximate surface area is 210 Å². The van der Waals surface area contributed by atoms with Crippen molar-refractivity contribution in [3.05, 3.63) is 88.6 Å². The lowest BCUT2D eigenvalue weighted by atomic mass is 9.99. The molecule has 3 N–H and O–H groups in total. The SMILES string of the molecule is CCOc1ccc2c(c1)[nH]c1c(C(N)=O)nnc(-c3cccc(-n4cnc5ccccc5c4=O)c3C)c12. The zero-order valence-corrected chi connectivity index (χ0v) is 20.1. The van der Waals surface area contributed by atoms with Crippen molar-refractivity contribution >= 4 is 38.6 Å². The molecule has 3 aromatic heterocycles. The number of nitrogens with two attached hydrogens (primary N) is 1. The number of primary amides is 1. The second kappa shape index (κ2) is 8.56. The molecule has 6 rings (SSSR count). The number of benzene rings is 3. The maximum absolute atomic E-state index is 13.3. The normalized spacial score (nSPS) is 11.4.